The van der Waals surface area contributed by atoms with Gasteiger partial charge in [0.1, 0.15) is 0 Å². The molecule has 0 spiro atoms. The maximum atomic E-state index is 12.3. The number of hydrogen-bond donors (Lipinski definition) is 0. The van der Waals surface area contributed by atoms with Crippen molar-refractivity contribution < 1.29 is 13.2 Å². The molecular formula is C12H20BrNO3S. The van der Waals surface area contributed by atoms with Gasteiger partial charge in [-0.1, -0.05) is 29.8 Å². The molecule has 2 aliphatic carbocycles. The standard InChI is InChI=1S/C12H20BrNO3S/c1-11-6-5-8(9(13)10(11)15)12(11,2)7-18(16,17)14(3)4/h8-9H,5-7H2,1-4H3. The Hall–Kier alpha value is 0.0600. The molecule has 4 unspecified atom stereocenters. The molecule has 0 aromatic carbocycles. The predicted octanol–water partition coefficient (Wildman–Crippen LogP) is 1.65. The number of fused-ring (bicyclic) bond motifs is 2. The summed E-state index contributed by atoms with van der Waals surface area (Å²) in [7, 11) is -0.197. The van der Waals surface area contributed by atoms with E-state index in [0.717, 1.165) is 12.8 Å². The van der Waals surface area contributed by atoms with Gasteiger partial charge < -0.3 is 0 Å². The molecule has 2 bridgehead atoms. The van der Waals surface area contributed by atoms with Crippen molar-refractivity contribution >= 4 is 31.7 Å². The number of Topliss-reactive ketones (excluding diaryl/α,β-unsaturated/α-hetero) is 1. The van der Waals surface area contributed by atoms with Crippen LogP contribution in [0, 0.1) is 16.7 Å². The average Bonchev–Trinajstić information content (AvgIpc) is 2.54. The van der Waals surface area contributed by atoms with Crippen LogP contribution in [0.4, 0.5) is 0 Å². The fourth-order valence-electron chi connectivity index (χ4n) is 3.59. The molecule has 0 heterocycles. The van der Waals surface area contributed by atoms with Crippen molar-refractivity contribution in [2.45, 2.75) is 31.5 Å². The minimum atomic E-state index is -3.29. The summed E-state index contributed by atoms with van der Waals surface area (Å²) < 4.78 is 25.6. The molecular weight excluding hydrogens is 318 g/mol. The van der Waals surface area contributed by atoms with E-state index < -0.39 is 20.9 Å². The fourth-order valence-corrected chi connectivity index (χ4v) is 6.49. The van der Waals surface area contributed by atoms with Crippen molar-refractivity contribution in [3.8, 4) is 0 Å². The SMILES string of the molecule is CN(C)S(=O)(=O)CC1(C)C2CCC1(C)C(=O)C2Br. The molecule has 2 aliphatic rings. The zero-order valence-electron chi connectivity index (χ0n) is 11.2. The zero-order valence-corrected chi connectivity index (χ0v) is 13.6. The Balaban J connectivity index is 2.42. The summed E-state index contributed by atoms with van der Waals surface area (Å²) in [6, 6.07) is 0. The highest BCUT2D eigenvalue weighted by Crippen LogP contribution is 2.65. The lowest BCUT2D eigenvalue weighted by Crippen LogP contribution is -2.43. The first-order valence-electron chi connectivity index (χ1n) is 6.15. The van der Waals surface area contributed by atoms with Crippen molar-refractivity contribution in [1.82, 2.24) is 4.31 Å². The number of alkyl halides is 1. The van der Waals surface area contributed by atoms with Gasteiger partial charge in [-0.25, -0.2) is 12.7 Å². The van der Waals surface area contributed by atoms with E-state index in [4.69, 9.17) is 0 Å². The normalized spacial score (nSPS) is 44.0. The highest BCUT2D eigenvalue weighted by molar-refractivity contribution is 9.10. The largest absolute Gasteiger partial charge is 0.298 e. The number of hydrogen-bond acceptors (Lipinski definition) is 3. The Morgan fingerprint density at radius 3 is 2.33 bits per heavy atom. The molecule has 104 valence electrons. The minimum absolute atomic E-state index is 0.0575. The maximum absolute atomic E-state index is 12.3. The van der Waals surface area contributed by atoms with E-state index >= 15 is 0 Å². The molecule has 0 N–H and O–H groups in total. The van der Waals surface area contributed by atoms with Crippen molar-refractivity contribution in [2.24, 2.45) is 16.7 Å². The van der Waals surface area contributed by atoms with E-state index in [1.165, 1.54) is 4.31 Å². The molecule has 4 nitrogen and oxygen atoms in total. The van der Waals surface area contributed by atoms with Gasteiger partial charge in [0.2, 0.25) is 10.0 Å². The van der Waals surface area contributed by atoms with Crippen LogP contribution in [-0.4, -0.2) is 43.2 Å². The number of rotatable bonds is 3. The second-order valence-electron chi connectivity index (χ2n) is 6.20. The van der Waals surface area contributed by atoms with E-state index in [0.29, 0.717) is 0 Å². The summed E-state index contributed by atoms with van der Waals surface area (Å²) in [5, 5.41) is 0. The molecule has 18 heavy (non-hydrogen) atoms. The van der Waals surface area contributed by atoms with Crippen LogP contribution in [-0.2, 0) is 14.8 Å². The van der Waals surface area contributed by atoms with Crippen LogP contribution in [0.25, 0.3) is 0 Å². The van der Waals surface area contributed by atoms with Gasteiger partial charge in [0.05, 0.1) is 10.6 Å². The van der Waals surface area contributed by atoms with Crippen LogP contribution in [0.3, 0.4) is 0 Å². The van der Waals surface area contributed by atoms with Gasteiger partial charge in [-0.05, 0) is 24.2 Å². The molecule has 2 rings (SSSR count). The monoisotopic (exact) mass is 337 g/mol. The molecule has 0 aromatic rings. The number of halogens is 1. The molecule has 0 radical (unpaired) electrons. The van der Waals surface area contributed by atoms with Crippen LogP contribution in [0.1, 0.15) is 26.7 Å². The highest BCUT2D eigenvalue weighted by atomic mass is 79.9. The number of ketones is 1. The first kappa shape index (κ1) is 14.5. The Kier molecular flexibility index (Phi) is 3.24. The van der Waals surface area contributed by atoms with Crippen molar-refractivity contribution in [2.75, 3.05) is 19.8 Å². The summed E-state index contributed by atoms with van der Waals surface area (Å²) in [5.74, 6) is 0.363. The summed E-state index contributed by atoms with van der Waals surface area (Å²) in [4.78, 5) is 12.1. The zero-order chi connectivity index (χ0) is 13.9. The summed E-state index contributed by atoms with van der Waals surface area (Å²) in [6.07, 6.45) is 1.73. The third-order valence-corrected chi connectivity index (χ3v) is 8.35. The average molecular weight is 338 g/mol. The minimum Gasteiger partial charge on any atom is -0.298 e. The summed E-state index contributed by atoms with van der Waals surface area (Å²) in [6.45, 7) is 3.90. The first-order valence-corrected chi connectivity index (χ1v) is 8.67. The Labute approximate surface area is 117 Å². The predicted molar refractivity (Wildman–Crippen MR) is 74.1 cm³/mol. The van der Waals surface area contributed by atoms with Crippen LogP contribution < -0.4 is 0 Å². The van der Waals surface area contributed by atoms with Gasteiger partial charge in [0, 0.05) is 19.5 Å². The topological polar surface area (TPSA) is 54.5 Å². The smallest absolute Gasteiger partial charge is 0.214 e. The summed E-state index contributed by atoms with van der Waals surface area (Å²) >= 11 is 3.46. The maximum Gasteiger partial charge on any atom is 0.214 e. The number of carbonyl (C=O) groups excluding carboxylic acids is 1. The second kappa shape index (κ2) is 4.03. The Morgan fingerprint density at radius 2 is 1.94 bits per heavy atom. The van der Waals surface area contributed by atoms with Gasteiger partial charge in [0.25, 0.3) is 0 Å². The van der Waals surface area contributed by atoms with Gasteiger partial charge in [-0.3, -0.25) is 4.79 Å². The fraction of sp³-hybridized carbons (Fsp3) is 0.917. The van der Waals surface area contributed by atoms with E-state index in [1.54, 1.807) is 14.1 Å². The van der Waals surface area contributed by atoms with Gasteiger partial charge in [-0.2, -0.15) is 0 Å². The molecule has 0 amide bonds. The Morgan fingerprint density at radius 1 is 1.39 bits per heavy atom. The Bertz CT molecular complexity index is 490. The lowest BCUT2D eigenvalue weighted by Gasteiger charge is -2.36. The molecule has 2 saturated carbocycles. The molecule has 0 aromatic heterocycles. The van der Waals surface area contributed by atoms with Crippen molar-refractivity contribution in [3.63, 3.8) is 0 Å². The van der Waals surface area contributed by atoms with Crippen molar-refractivity contribution in [3.05, 3.63) is 0 Å². The number of carbonyl (C=O) groups is 1. The van der Waals surface area contributed by atoms with Crippen LogP contribution in [0.5, 0.6) is 0 Å². The van der Waals surface area contributed by atoms with Crippen molar-refractivity contribution in [1.29, 1.82) is 0 Å². The second-order valence-corrected chi connectivity index (χ2v) is 9.37. The first-order chi connectivity index (χ1) is 8.06. The van der Waals surface area contributed by atoms with E-state index in [1.807, 2.05) is 13.8 Å². The van der Waals surface area contributed by atoms with E-state index in [-0.39, 0.29) is 22.3 Å². The third-order valence-electron chi connectivity index (χ3n) is 5.22. The third kappa shape index (κ3) is 1.64. The van der Waals surface area contributed by atoms with E-state index in [2.05, 4.69) is 15.9 Å². The highest BCUT2D eigenvalue weighted by Gasteiger charge is 2.68. The molecule has 6 heteroatoms. The van der Waals surface area contributed by atoms with Crippen LogP contribution in [0.2, 0.25) is 0 Å². The van der Waals surface area contributed by atoms with Gasteiger partial charge >= 0.3 is 0 Å². The lowest BCUT2D eigenvalue weighted by atomic mass is 9.70. The van der Waals surface area contributed by atoms with Crippen LogP contribution in [0.15, 0.2) is 0 Å². The molecule has 4 atom stereocenters. The summed E-state index contributed by atoms with van der Waals surface area (Å²) in [5.41, 5.74) is -0.962. The molecule has 2 fully saturated rings. The lowest BCUT2D eigenvalue weighted by molar-refractivity contribution is -0.127. The van der Waals surface area contributed by atoms with Gasteiger partial charge in [0.15, 0.2) is 5.78 Å². The molecule has 0 saturated heterocycles. The molecule has 0 aliphatic heterocycles. The number of nitrogens with zero attached hydrogens (tertiary/aromatic N) is 1. The van der Waals surface area contributed by atoms with Gasteiger partial charge in [-0.15, -0.1) is 0 Å². The van der Waals surface area contributed by atoms with Crippen LogP contribution >= 0.6 is 15.9 Å². The van der Waals surface area contributed by atoms with E-state index in [9.17, 15) is 13.2 Å². The number of sulfonamides is 1. The quantitative estimate of drug-likeness (QED) is 0.735.